The molecule has 3 heterocycles. The Hall–Kier alpha value is -2.60. The first-order chi connectivity index (χ1) is 14.7. The molecule has 30 heavy (non-hydrogen) atoms. The molecule has 5 rings (SSSR count). The quantitative estimate of drug-likeness (QED) is 0.743. The fraction of sp³-hybridized carbons (Fsp3) is 0.500. The van der Waals surface area contributed by atoms with Gasteiger partial charge in [0.1, 0.15) is 5.75 Å². The Morgan fingerprint density at radius 3 is 2.40 bits per heavy atom. The number of hydrogen-bond acceptors (Lipinski definition) is 6. The van der Waals surface area contributed by atoms with Crippen molar-refractivity contribution in [1.82, 2.24) is 4.90 Å². The Kier molecular flexibility index (Phi) is 5.11. The number of hydrogen-bond donors (Lipinski definition) is 0. The Morgan fingerprint density at radius 2 is 1.67 bits per heavy atom. The van der Waals surface area contributed by atoms with E-state index in [0.717, 1.165) is 53.0 Å². The number of fused-ring (bicyclic) bond motifs is 2. The number of piperidine rings is 1. The predicted molar refractivity (Wildman–Crippen MR) is 113 cm³/mol. The first kappa shape index (κ1) is 19.4. The smallest absolute Gasteiger partial charge is 0.231 e. The van der Waals surface area contributed by atoms with Crippen LogP contribution in [0.1, 0.15) is 43.2 Å². The van der Waals surface area contributed by atoms with Crippen LogP contribution >= 0.6 is 0 Å². The highest BCUT2D eigenvalue weighted by Crippen LogP contribution is 2.52. The van der Waals surface area contributed by atoms with E-state index in [2.05, 4.69) is 24.0 Å². The molecule has 0 aromatic heterocycles. The fourth-order valence-electron chi connectivity index (χ4n) is 5.16. The van der Waals surface area contributed by atoms with Crippen LogP contribution in [0.15, 0.2) is 30.3 Å². The van der Waals surface area contributed by atoms with Crippen LogP contribution in [0.2, 0.25) is 0 Å². The summed E-state index contributed by atoms with van der Waals surface area (Å²) >= 11 is 0. The van der Waals surface area contributed by atoms with E-state index in [-0.39, 0.29) is 24.9 Å². The van der Waals surface area contributed by atoms with Crippen LogP contribution in [0.5, 0.6) is 28.7 Å². The molecule has 0 saturated carbocycles. The summed E-state index contributed by atoms with van der Waals surface area (Å²) in [5.41, 5.74) is 2.21. The molecule has 6 heteroatoms. The molecule has 3 atom stereocenters. The van der Waals surface area contributed by atoms with E-state index in [1.165, 1.54) is 19.3 Å². The van der Waals surface area contributed by atoms with E-state index < -0.39 is 0 Å². The van der Waals surface area contributed by atoms with Gasteiger partial charge in [-0.3, -0.25) is 4.90 Å². The van der Waals surface area contributed by atoms with Gasteiger partial charge in [-0.25, -0.2) is 0 Å². The van der Waals surface area contributed by atoms with Crippen molar-refractivity contribution < 1.29 is 23.7 Å². The van der Waals surface area contributed by atoms with Gasteiger partial charge in [0.15, 0.2) is 29.2 Å². The van der Waals surface area contributed by atoms with Crippen LogP contribution in [0, 0.1) is 5.92 Å². The second-order valence-electron chi connectivity index (χ2n) is 8.27. The highest BCUT2D eigenvalue weighted by Gasteiger charge is 2.42. The molecule has 0 amide bonds. The van der Waals surface area contributed by atoms with Gasteiger partial charge in [-0.05, 0) is 25.0 Å². The molecular formula is C24H29NO5. The van der Waals surface area contributed by atoms with Gasteiger partial charge in [0, 0.05) is 42.1 Å². The summed E-state index contributed by atoms with van der Waals surface area (Å²) in [6, 6.07) is 10.2. The Morgan fingerprint density at radius 1 is 0.900 bits per heavy atom. The number of nitrogens with zero attached hydrogens (tertiary/aromatic N) is 1. The van der Waals surface area contributed by atoms with E-state index in [0.29, 0.717) is 0 Å². The van der Waals surface area contributed by atoms with E-state index in [9.17, 15) is 0 Å². The summed E-state index contributed by atoms with van der Waals surface area (Å²) in [5, 5.41) is 0. The molecular weight excluding hydrogens is 382 g/mol. The maximum atomic E-state index is 6.61. The maximum Gasteiger partial charge on any atom is 0.231 e. The Bertz CT molecular complexity index is 924. The van der Waals surface area contributed by atoms with E-state index in [4.69, 9.17) is 23.7 Å². The monoisotopic (exact) mass is 411 g/mol. The predicted octanol–water partition coefficient (Wildman–Crippen LogP) is 4.40. The van der Waals surface area contributed by atoms with Crippen molar-refractivity contribution in [3.63, 3.8) is 0 Å². The molecule has 3 unspecified atom stereocenters. The molecule has 2 aromatic carbocycles. The summed E-state index contributed by atoms with van der Waals surface area (Å²) < 4.78 is 29.3. The molecule has 6 nitrogen and oxygen atoms in total. The minimum Gasteiger partial charge on any atom is -0.493 e. The molecule has 0 spiro atoms. The standard InChI is InChI=1S/C24H29NO5/c1-15-22(16-8-7-9-18(26-2)23(16)27-3)17-12-20-21(29-14-28-20)13-19(17)30-24(15)25-10-5-4-6-11-25/h7-9,12-13,15,22,24H,4-6,10-11,14H2,1-3H3. The summed E-state index contributed by atoms with van der Waals surface area (Å²) in [7, 11) is 3.38. The largest absolute Gasteiger partial charge is 0.493 e. The summed E-state index contributed by atoms with van der Waals surface area (Å²) in [6.45, 7) is 4.65. The number of likely N-dealkylation sites (tertiary alicyclic amines) is 1. The van der Waals surface area contributed by atoms with E-state index in [1.807, 2.05) is 18.2 Å². The van der Waals surface area contributed by atoms with Crippen LogP contribution in [0.25, 0.3) is 0 Å². The Balaban J connectivity index is 1.65. The van der Waals surface area contributed by atoms with E-state index in [1.54, 1.807) is 14.2 Å². The number of ether oxygens (including phenoxy) is 5. The summed E-state index contributed by atoms with van der Waals surface area (Å²) in [4.78, 5) is 2.49. The van der Waals surface area contributed by atoms with Crippen LogP contribution in [0.4, 0.5) is 0 Å². The van der Waals surface area contributed by atoms with Crippen molar-refractivity contribution in [3.8, 4) is 28.7 Å². The molecule has 0 bridgehead atoms. The van der Waals surface area contributed by atoms with Crippen molar-refractivity contribution >= 4 is 0 Å². The molecule has 3 aliphatic rings. The van der Waals surface area contributed by atoms with Crippen LogP contribution in [0.3, 0.4) is 0 Å². The topological polar surface area (TPSA) is 49.4 Å². The van der Waals surface area contributed by atoms with Crippen molar-refractivity contribution in [2.75, 3.05) is 34.1 Å². The lowest BCUT2D eigenvalue weighted by atomic mass is 9.77. The maximum absolute atomic E-state index is 6.61. The summed E-state index contributed by atoms with van der Waals surface area (Å²) in [6.07, 6.45) is 3.72. The van der Waals surface area contributed by atoms with Gasteiger partial charge >= 0.3 is 0 Å². The third-order valence-electron chi connectivity index (χ3n) is 6.58. The zero-order chi connectivity index (χ0) is 20.7. The third-order valence-corrected chi connectivity index (χ3v) is 6.58. The average Bonchev–Trinajstić information content (AvgIpc) is 3.24. The average molecular weight is 411 g/mol. The van der Waals surface area contributed by atoms with Gasteiger partial charge in [-0.2, -0.15) is 0 Å². The second kappa shape index (κ2) is 7.91. The highest BCUT2D eigenvalue weighted by atomic mass is 16.7. The normalized spacial score (nSPS) is 25.4. The van der Waals surface area contributed by atoms with Crippen molar-refractivity contribution in [2.24, 2.45) is 5.92 Å². The van der Waals surface area contributed by atoms with Gasteiger partial charge < -0.3 is 23.7 Å². The van der Waals surface area contributed by atoms with Gasteiger partial charge in [0.05, 0.1) is 14.2 Å². The first-order valence-corrected chi connectivity index (χ1v) is 10.8. The lowest BCUT2D eigenvalue weighted by molar-refractivity contribution is -0.0405. The molecule has 3 aliphatic heterocycles. The van der Waals surface area contributed by atoms with Gasteiger partial charge in [0.2, 0.25) is 6.79 Å². The van der Waals surface area contributed by atoms with Crippen molar-refractivity contribution in [2.45, 2.75) is 38.3 Å². The number of benzene rings is 2. The van der Waals surface area contributed by atoms with Gasteiger partial charge in [-0.1, -0.05) is 25.5 Å². The van der Waals surface area contributed by atoms with Crippen LogP contribution in [-0.4, -0.2) is 45.2 Å². The second-order valence-corrected chi connectivity index (χ2v) is 8.27. The Labute approximate surface area is 177 Å². The van der Waals surface area contributed by atoms with Crippen LogP contribution < -0.4 is 23.7 Å². The van der Waals surface area contributed by atoms with Crippen molar-refractivity contribution in [1.29, 1.82) is 0 Å². The first-order valence-electron chi connectivity index (χ1n) is 10.8. The SMILES string of the molecule is COc1cccc(C2c3cc4c(cc3OC(N3CCCCC3)C2C)OCO4)c1OC. The highest BCUT2D eigenvalue weighted by molar-refractivity contribution is 5.59. The molecule has 0 radical (unpaired) electrons. The molecule has 1 fully saturated rings. The van der Waals surface area contributed by atoms with Gasteiger partial charge in [-0.15, -0.1) is 0 Å². The molecule has 1 saturated heterocycles. The third kappa shape index (κ3) is 3.14. The van der Waals surface area contributed by atoms with Gasteiger partial charge in [0.25, 0.3) is 0 Å². The number of para-hydroxylation sites is 1. The summed E-state index contributed by atoms with van der Waals surface area (Å²) in [5.74, 6) is 4.20. The molecule has 0 N–H and O–H groups in total. The zero-order valence-electron chi connectivity index (χ0n) is 17.8. The fourth-order valence-corrected chi connectivity index (χ4v) is 5.16. The lowest BCUT2D eigenvalue weighted by Gasteiger charge is -2.44. The molecule has 2 aromatic rings. The van der Waals surface area contributed by atoms with E-state index >= 15 is 0 Å². The van der Waals surface area contributed by atoms with Crippen molar-refractivity contribution in [3.05, 3.63) is 41.5 Å². The van der Waals surface area contributed by atoms with Crippen LogP contribution in [-0.2, 0) is 0 Å². The number of methoxy groups -OCH3 is 2. The molecule has 0 aliphatic carbocycles. The minimum absolute atomic E-state index is 0.000853. The zero-order valence-corrected chi connectivity index (χ0v) is 17.8. The lowest BCUT2D eigenvalue weighted by Crippen LogP contribution is -2.50. The number of rotatable bonds is 4. The minimum atomic E-state index is -0.000853. The molecule has 160 valence electrons.